The summed E-state index contributed by atoms with van der Waals surface area (Å²) in [6.45, 7) is 0.552. The number of imidazole rings is 1. The lowest BCUT2D eigenvalue weighted by atomic mass is 10.3. The summed E-state index contributed by atoms with van der Waals surface area (Å²) in [6.07, 6.45) is 2.08. The van der Waals surface area contributed by atoms with Crippen LogP contribution in [0.2, 0.25) is 0 Å². The van der Waals surface area contributed by atoms with Crippen molar-refractivity contribution in [2.24, 2.45) is 0 Å². The van der Waals surface area contributed by atoms with Crippen LogP contribution in [0, 0.1) is 0 Å². The minimum atomic E-state index is -0.233. The molecule has 2 aromatic carbocycles. The van der Waals surface area contributed by atoms with Crippen LogP contribution in [0.4, 0.5) is 5.69 Å². The molecule has 31 heavy (non-hydrogen) atoms. The maximum Gasteiger partial charge on any atom is 0.269 e. The smallest absolute Gasteiger partial charge is 0.269 e. The van der Waals surface area contributed by atoms with E-state index in [0.717, 1.165) is 22.5 Å². The Hall–Kier alpha value is -4.00. The number of rotatable bonds is 7. The lowest BCUT2D eigenvalue weighted by molar-refractivity contribution is -0.118. The van der Waals surface area contributed by atoms with Crippen LogP contribution in [-0.4, -0.2) is 39.9 Å². The van der Waals surface area contributed by atoms with Crippen LogP contribution < -0.4 is 10.2 Å². The molecule has 1 N–H and O–H groups in total. The number of carbonyl (C=O) groups is 2. The third kappa shape index (κ3) is 4.61. The average molecular weight is 413 g/mol. The second-order valence-corrected chi connectivity index (χ2v) is 7.11. The Morgan fingerprint density at radius 1 is 0.968 bits per heavy atom. The summed E-state index contributed by atoms with van der Waals surface area (Å²) in [6, 6.07) is 22.5. The van der Waals surface area contributed by atoms with Gasteiger partial charge in [-0.05, 0) is 36.4 Å². The Labute approximate surface area is 180 Å². The molecule has 0 bridgehead atoms. The molecule has 4 aromatic rings. The van der Waals surface area contributed by atoms with Crippen molar-refractivity contribution in [1.82, 2.24) is 19.9 Å². The third-order valence-electron chi connectivity index (χ3n) is 5.08. The number of hydrogen-bond acceptors (Lipinski definition) is 4. The monoisotopic (exact) mass is 413 g/mol. The predicted octanol–water partition coefficient (Wildman–Crippen LogP) is 3.07. The molecular formula is C24H23N5O2. The number of anilines is 1. The Balaban J connectivity index is 1.50. The van der Waals surface area contributed by atoms with E-state index in [0.29, 0.717) is 18.7 Å². The van der Waals surface area contributed by atoms with E-state index in [2.05, 4.69) is 10.3 Å². The van der Waals surface area contributed by atoms with E-state index in [9.17, 15) is 9.59 Å². The summed E-state index contributed by atoms with van der Waals surface area (Å²) in [7, 11) is 1.77. The number of pyridine rings is 1. The SMILES string of the molecule is CN(C(=O)Cn1c(CCNC(=O)c2ccccn2)nc2ccccc21)c1ccccc1. The molecule has 0 spiro atoms. The van der Waals surface area contributed by atoms with Crippen molar-refractivity contribution in [3.8, 4) is 0 Å². The fourth-order valence-electron chi connectivity index (χ4n) is 3.41. The first-order chi connectivity index (χ1) is 15.1. The Bertz CT molecular complexity index is 1190. The van der Waals surface area contributed by atoms with Crippen molar-refractivity contribution < 1.29 is 9.59 Å². The number of hydrogen-bond donors (Lipinski definition) is 1. The van der Waals surface area contributed by atoms with E-state index >= 15 is 0 Å². The van der Waals surface area contributed by atoms with Gasteiger partial charge in [-0.25, -0.2) is 4.98 Å². The van der Waals surface area contributed by atoms with E-state index in [-0.39, 0.29) is 18.4 Å². The third-order valence-corrected chi connectivity index (χ3v) is 5.08. The Kier molecular flexibility index (Phi) is 6.03. The average Bonchev–Trinajstić information content (AvgIpc) is 3.16. The number of nitrogens with zero attached hydrogens (tertiary/aromatic N) is 4. The Morgan fingerprint density at radius 3 is 2.48 bits per heavy atom. The van der Waals surface area contributed by atoms with Gasteiger partial charge in [0.15, 0.2) is 0 Å². The Morgan fingerprint density at radius 2 is 1.71 bits per heavy atom. The van der Waals surface area contributed by atoms with Crippen LogP contribution in [0.1, 0.15) is 16.3 Å². The molecule has 0 atom stereocenters. The number of nitrogens with one attached hydrogen (secondary N) is 1. The van der Waals surface area contributed by atoms with Gasteiger partial charge in [-0.2, -0.15) is 0 Å². The van der Waals surface area contributed by atoms with Crippen molar-refractivity contribution in [2.45, 2.75) is 13.0 Å². The summed E-state index contributed by atoms with van der Waals surface area (Å²) < 4.78 is 1.92. The van der Waals surface area contributed by atoms with E-state index < -0.39 is 0 Å². The predicted molar refractivity (Wildman–Crippen MR) is 120 cm³/mol. The molecule has 0 fully saturated rings. The van der Waals surface area contributed by atoms with Gasteiger partial charge < -0.3 is 14.8 Å². The van der Waals surface area contributed by atoms with Crippen molar-refractivity contribution in [2.75, 3.05) is 18.5 Å². The number of para-hydroxylation sites is 3. The first-order valence-corrected chi connectivity index (χ1v) is 10.1. The quantitative estimate of drug-likeness (QED) is 0.505. The second kappa shape index (κ2) is 9.21. The number of aromatic nitrogens is 3. The normalized spacial score (nSPS) is 10.7. The van der Waals surface area contributed by atoms with Crippen LogP contribution in [0.3, 0.4) is 0 Å². The number of amides is 2. The van der Waals surface area contributed by atoms with Crippen LogP contribution in [0.5, 0.6) is 0 Å². The molecule has 0 saturated carbocycles. The summed E-state index contributed by atoms with van der Waals surface area (Å²) >= 11 is 0. The zero-order valence-corrected chi connectivity index (χ0v) is 17.2. The highest BCUT2D eigenvalue weighted by atomic mass is 16.2. The van der Waals surface area contributed by atoms with E-state index in [1.807, 2.05) is 59.2 Å². The van der Waals surface area contributed by atoms with Crippen molar-refractivity contribution in [1.29, 1.82) is 0 Å². The maximum absolute atomic E-state index is 13.0. The molecule has 2 amide bonds. The standard InChI is InChI=1S/C24H23N5O2/c1-28(18-9-3-2-4-10-18)23(30)17-29-21-13-6-5-11-19(21)27-22(29)14-16-26-24(31)20-12-7-8-15-25-20/h2-13,15H,14,16-17H2,1H3,(H,26,31). The van der Waals surface area contributed by atoms with Crippen molar-refractivity contribution in [3.63, 3.8) is 0 Å². The molecule has 2 heterocycles. The largest absolute Gasteiger partial charge is 0.350 e. The van der Waals surface area contributed by atoms with E-state index in [1.54, 1.807) is 36.3 Å². The maximum atomic E-state index is 13.0. The lowest BCUT2D eigenvalue weighted by Crippen LogP contribution is -2.31. The molecule has 4 rings (SSSR count). The topological polar surface area (TPSA) is 80.1 Å². The van der Waals surface area contributed by atoms with Gasteiger partial charge >= 0.3 is 0 Å². The van der Waals surface area contributed by atoms with Crippen molar-refractivity contribution >= 4 is 28.5 Å². The van der Waals surface area contributed by atoms with E-state index in [4.69, 9.17) is 4.98 Å². The summed E-state index contributed by atoms with van der Waals surface area (Å²) in [5.41, 5.74) is 2.92. The van der Waals surface area contributed by atoms with Gasteiger partial charge in [0.25, 0.3) is 5.91 Å². The van der Waals surface area contributed by atoms with Gasteiger partial charge in [-0.15, -0.1) is 0 Å². The molecule has 0 saturated heterocycles. The molecule has 156 valence electrons. The van der Waals surface area contributed by atoms with Gasteiger partial charge in [0.05, 0.1) is 11.0 Å². The second-order valence-electron chi connectivity index (χ2n) is 7.11. The van der Waals surface area contributed by atoms with Crippen LogP contribution in [-0.2, 0) is 17.8 Å². The van der Waals surface area contributed by atoms with Crippen molar-refractivity contribution in [3.05, 3.63) is 90.5 Å². The van der Waals surface area contributed by atoms with Gasteiger partial charge in [0.1, 0.15) is 18.1 Å². The highest BCUT2D eigenvalue weighted by Gasteiger charge is 2.17. The minimum Gasteiger partial charge on any atom is -0.350 e. The first kappa shape index (κ1) is 20.3. The summed E-state index contributed by atoms with van der Waals surface area (Å²) in [5, 5.41) is 2.87. The molecule has 0 aliphatic rings. The molecule has 0 unspecified atom stereocenters. The lowest BCUT2D eigenvalue weighted by Gasteiger charge is -2.18. The fourth-order valence-corrected chi connectivity index (χ4v) is 3.41. The fraction of sp³-hybridized carbons (Fsp3) is 0.167. The molecule has 0 aliphatic heterocycles. The van der Waals surface area contributed by atoms with Crippen LogP contribution >= 0.6 is 0 Å². The zero-order chi connectivity index (χ0) is 21.6. The highest BCUT2D eigenvalue weighted by molar-refractivity contribution is 5.94. The molecule has 7 heteroatoms. The van der Waals surface area contributed by atoms with Crippen LogP contribution in [0.15, 0.2) is 79.0 Å². The van der Waals surface area contributed by atoms with E-state index in [1.165, 1.54) is 0 Å². The minimum absolute atomic E-state index is 0.0480. The van der Waals surface area contributed by atoms with Gasteiger partial charge in [0.2, 0.25) is 5.91 Å². The molecule has 7 nitrogen and oxygen atoms in total. The number of carbonyl (C=O) groups excluding carboxylic acids is 2. The molecule has 0 radical (unpaired) electrons. The van der Waals surface area contributed by atoms with Gasteiger partial charge in [-0.1, -0.05) is 36.4 Å². The summed E-state index contributed by atoms with van der Waals surface area (Å²) in [4.78, 5) is 35.6. The molecule has 0 aliphatic carbocycles. The number of likely N-dealkylation sites (N-methyl/N-ethyl adjacent to an activating group) is 1. The number of fused-ring (bicyclic) bond motifs is 1. The summed E-state index contributed by atoms with van der Waals surface area (Å²) in [5.74, 6) is 0.466. The van der Waals surface area contributed by atoms with Crippen LogP contribution in [0.25, 0.3) is 11.0 Å². The first-order valence-electron chi connectivity index (χ1n) is 10.1. The highest BCUT2D eigenvalue weighted by Crippen LogP contribution is 2.18. The molecular weight excluding hydrogens is 390 g/mol. The van der Waals surface area contributed by atoms with Gasteiger partial charge in [-0.3, -0.25) is 14.6 Å². The number of benzene rings is 2. The zero-order valence-electron chi connectivity index (χ0n) is 17.2. The van der Waals surface area contributed by atoms with Gasteiger partial charge in [0, 0.05) is 31.9 Å². The molecule has 2 aromatic heterocycles.